The fourth-order valence-electron chi connectivity index (χ4n) is 3.04. The van der Waals surface area contributed by atoms with Crippen LogP contribution in [0.2, 0.25) is 0 Å². The van der Waals surface area contributed by atoms with Gasteiger partial charge in [0, 0.05) is 26.2 Å². The van der Waals surface area contributed by atoms with Crippen molar-refractivity contribution in [1.29, 1.82) is 0 Å². The number of nitrogens with zero attached hydrogens (tertiary/aromatic N) is 1. The smallest absolute Gasteiger partial charge is 0.314 e. The van der Waals surface area contributed by atoms with E-state index in [1.54, 1.807) is 24.3 Å². The molecule has 0 saturated carbocycles. The van der Waals surface area contributed by atoms with Crippen molar-refractivity contribution < 1.29 is 13.2 Å². The van der Waals surface area contributed by atoms with Crippen molar-refractivity contribution in [3.8, 4) is 11.1 Å². The number of rotatable bonds is 3. The molecular weight excluding hydrogens is 337 g/mol. The summed E-state index contributed by atoms with van der Waals surface area (Å²) in [6.07, 6.45) is -4.27. The molecule has 0 bridgehead atoms. The van der Waals surface area contributed by atoms with E-state index >= 15 is 0 Å². The maximum Gasteiger partial charge on any atom is 0.408 e. The molecule has 1 heterocycles. The van der Waals surface area contributed by atoms with E-state index in [0.29, 0.717) is 31.7 Å². The van der Waals surface area contributed by atoms with Gasteiger partial charge in [-0.1, -0.05) is 54.6 Å². The van der Waals surface area contributed by atoms with Gasteiger partial charge in [0.25, 0.3) is 0 Å². The molecule has 0 aliphatic carbocycles. The molecule has 0 radical (unpaired) electrons. The maximum absolute atomic E-state index is 13.6. The van der Waals surface area contributed by atoms with Crippen molar-refractivity contribution in [3.63, 3.8) is 0 Å². The Morgan fingerprint density at radius 2 is 1.38 bits per heavy atom. The lowest BCUT2D eigenvalue weighted by molar-refractivity contribution is -0.187. The summed E-state index contributed by atoms with van der Waals surface area (Å²) in [6.45, 7) is 2.00. The second-order valence-electron chi connectivity index (χ2n) is 5.72. The summed E-state index contributed by atoms with van der Waals surface area (Å²) in [4.78, 5) is 1.51. The molecule has 0 amide bonds. The Balaban J connectivity index is 0.00000208. The van der Waals surface area contributed by atoms with Crippen LogP contribution in [-0.2, 0) is 0 Å². The van der Waals surface area contributed by atoms with E-state index in [-0.39, 0.29) is 12.4 Å². The summed E-state index contributed by atoms with van der Waals surface area (Å²) in [5.74, 6) is 0. The molecule has 1 N–H and O–H groups in total. The summed E-state index contributed by atoms with van der Waals surface area (Å²) >= 11 is 0. The standard InChI is InChI=1S/C18H19F3N2.ClH/c19-18(20,21)17(23-12-10-22-11-13-23)16-8-6-15(7-9-16)14-4-2-1-3-5-14;/h1-9,17,22H,10-13H2;1H/t17-;/m1./s1. The molecule has 130 valence electrons. The molecule has 0 spiro atoms. The monoisotopic (exact) mass is 356 g/mol. The van der Waals surface area contributed by atoms with Gasteiger partial charge in [-0.3, -0.25) is 4.90 Å². The van der Waals surface area contributed by atoms with Gasteiger partial charge in [-0.2, -0.15) is 13.2 Å². The molecule has 2 aromatic rings. The lowest BCUT2D eigenvalue weighted by atomic mass is 9.99. The summed E-state index contributed by atoms with van der Waals surface area (Å²) in [5.41, 5.74) is 2.24. The van der Waals surface area contributed by atoms with Crippen LogP contribution < -0.4 is 5.32 Å². The third kappa shape index (κ3) is 4.29. The normalized spacial score (nSPS) is 17.1. The predicted molar refractivity (Wildman–Crippen MR) is 92.4 cm³/mol. The van der Waals surface area contributed by atoms with E-state index in [2.05, 4.69) is 5.32 Å². The minimum absolute atomic E-state index is 0. The van der Waals surface area contributed by atoms with Gasteiger partial charge >= 0.3 is 6.18 Å². The Kier molecular flexibility index (Phi) is 6.27. The van der Waals surface area contributed by atoms with Crippen LogP contribution in [0.3, 0.4) is 0 Å². The van der Waals surface area contributed by atoms with Gasteiger partial charge in [0.2, 0.25) is 0 Å². The van der Waals surface area contributed by atoms with Crippen LogP contribution >= 0.6 is 12.4 Å². The Morgan fingerprint density at radius 1 is 0.833 bits per heavy atom. The zero-order chi connectivity index (χ0) is 16.3. The van der Waals surface area contributed by atoms with E-state index < -0.39 is 12.2 Å². The summed E-state index contributed by atoms with van der Waals surface area (Å²) in [5, 5.41) is 3.09. The highest BCUT2D eigenvalue weighted by atomic mass is 35.5. The van der Waals surface area contributed by atoms with E-state index in [1.165, 1.54) is 4.90 Å². The first kappa shape index (κ1) is 18.8. The molecule has 1 aliphatic heterocycles. The van der Waals surface area contributed by atoms with Crippen LogP contribution in [0.25, 0.3) is 11.1 Å². The quantitative estimate of drug-likeness (QED) is 0.882. The van der Waals surface area contributed by atoms with Gasteiger partial charge in [0.15, 0.2) is 0 Å². The lowest BCUT2D eigenvalue weighted by Crippen LogP contribution is -2.49. The van der Waals surface area contributed by atoms with Crippen LogP contribution in [0.4, 0.5) is 13.2 Å². The van der Waals surface area contributed by atoms with E-state index in [4.69, 9.17) is 0 Å². The van der Waals surface area contributed by atoms with Gasteiger partial charge in [-0.25, -0.2) is 0 Å². The number of alkyl halides is 3. The Morgan fingerprint density at radius 3 is 1.92 bits per heavy atom. The van der Waals surface area contributed by atoms with E-state index in [1.807, 2.05) is 30.3 Å². The van der Waals surface area contributed by atoms with Gasteiger partial charge in [-0.15, -0.1) is 12.4 Å². The van der Waals surface area contributed by atoms with Crippen molar-refractivity contribution in [2.24, 2.45) is 0 Å². The fourth-order valence-corrected chi connectivity index (χ4v) is 3.04. The first-order valence-corrected chi connectivity index (χ1v) is 7.72. The minimum atomic E-state index is -4.27. The molecular formula is C18H20ClF3N2. The molecule has 0 aromatic heterocycles. The summed E-state index contributed by atoms with van der Waals surface area (Å²) < 4.78 is 40.7. The molecule has 1 atom stereocenters. The fraction of sp³-hybridized carbons (Fsp3) is 0.333. The molecule has 1 saturated heterocycles. The predicted octanol–water partition coefficient (Wildman–Crippen LogP) is 4.28. The zero-order valence-corrected chi connectivity index (χ0v) is 13.9. The topological polar surface area (TPSA) is 15.3 Å². The first-order valence-electron chi connectivity index (χ1n) is 7.72. The highest BCUT2D eigenvalue weighted by Gasteiger charge is 2.44. The highest BCUT2D eigenvalue weighted by molar-refractivity contribution is 5.85. The third-order valence-corrected chi connectivity index (χ3v) is 4.16. The van der Waals surface area contributed by atoms with Gasteiger partial charge in [0.1, 0.15) is 6.04 Å². The van der Waals surface area contributed by atoms with Crippen molar-refractivity contribution in [3.05, 3.63) is 60.2 Å². The van der Waals surface area contributed by atoms with Crippen LogP contribution in [0, 0.1) is 0 Å². The number of benzene rings is 2. The van der Waals surface area contributed by atoms with Gasteiger partial charge in [-0.05, 0) is 16.7 Å². The zero-order valence-electron chi connectivity index (χ0n) is 13.1. The largest absolute Gasteiger partial charge is 0.408 e. The minimum Gasteiger partial charge on any atom is -0.314 e. The maximum atomic E-state index is 13.6. The first-order chi connectivity index (χ1) is 11.1. The average molecular weight is 357 g/mol. The number of hydrogen-bond donors (Lipinski definition) is 1. The molecule has 0 unspecified atom stereocenters. The average Bonchev–Trinajstić information content (AvgIpc) is 2.56. The Hall–Kier alpha value is -1.56. The second kappa shape index (κ2) is 8.01. The van der Waals surface area contributed by atoms with Crippen molar-refractivity contribution in [2.45, 2.75) is 12.2 Å². The number of nitrogens with one attached hydrogen (secondary N) is 1. The van der Waals surface area contributed by atoms with Crippen molar-refractivity contribution in [1.82, 2.24) is 10.2 Å². The van der Waals surface area contributed by atoms with Crippen LogP contribution in [0.1, 0.15) is 11.6 Å². The lowest BCUT2D eigenvalue weighted by Gasteiger charge is -2.36. The number of hydrogen-bond acceptors (Lipinski definition) is 2. The van der Waals surface area contributed by atoms with E-state index in [0.717, 1.165) is 11.1 Å². The number of piperazine rings is 1. The molecule has 1 aliphatic rings. The molecule has 3 rings (SSSR count). The third-order valence-electron chi connectivity index (χ3n) is 4.16. The number of halogens is 4. The van der Waals surface area contributed by atoms with Crippen LogP contribution in [-0.4, -0.2) is 37.3 Å². The van der Waals surface area contributed by atoms with E-state index in [9.17, 15) is 13.2 Å². The second-order valence-corrected chi connectivity index (χ2v) is 5.72. The van der Waals surface area contributed by atoms with Crippen LogP contribution in [0.5, 0.6) is 0 Å². The Bertz CT molecular complexity index is 623. The SMILES string of the molecule is Cl.FC(F)(F)[C@@H](c1ccc(-c2ccccc2)cc1)N1CCNCC1. The molecule has 24 heavy (non-hydrogen) atoms. The van der Waals surface area contributed by atoms with Crippen LogP contribution in [0.15, 0.2) is 54.6 Å². The van der Waals surface area contributed by atoms with Crippen molar-refractivity contribution >= 4 is 12.4 Å². The molecule has 2 aromatic carbocycles. The summed E-state index contributed by atoms with van der Waals surface area (Å²) in [7, 11) is 0. The molecule has 6 heteroatoms. The molecule has 1 fully saturated rings. The Labute approximate surface area is 146 Å². The van der Waals surface area contributed by atoms with Gasteiger partial charge in [0.05, 0.1) is 0 Å². The highest BCUT2D eigenvalue weighted by Crippen LogP contribution is 2.38. The molecule has 2 nitrogen and oxygen atoms in total. The summed E-state index contributed by atoms with van der Waals surface area (Å²) in [6, 6.07) is 14.9. The van der Waals surface area contributed by atoms with Crippen molar-refractivity contribution in [2.75, 3.05) is 26.2 Å². The van der Waals surface area contributed by atoms with Gasteiger partial charge < -0.3 is 5.32 Å².